The molecule has 1 aromatic carbocycles. The molecule has 2 heterocycles. The molecule has 1 amide bonds. The van der Waals surface area contributed by atoms with Crippen LogP contribution in [0.15, 0.2) is 36.5 Å². The summed E-state index contributed by atoms with van der Waals surface area (Å²) in [7, 11) is 0. The van der Waals surface area contributed by atoms with E-state index in [1.807, 2.05) is 0 Å². The molecule has 0 bridgehead atoms. The number of halogens is 1. The van der Waals surface area contributed by atoms with Gasteiger partial charge in [-0.3, -0.25) is 4.79 Å². The van der Waals surface area contributed by atoms with Crippen molar-refractivity contribution in [2.24, 2.45) is 5.73 Å². The fraction of sp³-hybridized carbons (Fsp3) is 0.286. The largest absolute Gasteiger partial charge is 0.336 e. The van der Waals surface area contributed by atoms with Crippen LogP contribution in [0.4, 0.5) is 4.39 Å². The Kier molecular flexibility index (Phi) is 3.23. The van der Waals surface area contributed by atoms with Crippen molar-refractivity contribution in [2.45, 2.75) is 12.5 Å². The molecule has 2 aromatic rings. The number of nitrogens with zero attached hydrogens (tertiary/aromatic N) is 3. The monoisotopic (exact) mass is 274 g/mol. The molecule has 1 aliphatic rings. The second-order valence-corrected chi connectivity index (χ2v) is 4.93. The molecule has 0 unspecified atom stereocenters. The SMILES string of the molecule is N[C@@H]1CCN(C(=O)c2ccn(-c3cccc(F)c3)n2)C1. The van der Waals surface area contributed by atoms with Gasteiger partial charge in [0.1, 0.15) is 5.82 Å². The van der Waals surface area contributed by atoms with Crippen LogP contribution in [-0.2, 0) is 0 Å². The number of hydrogen-bond donors (Lipinski definition) is 1. The minimum absolute atomic E-state index is 0.0456. The average Bonchev–Trinajstić information content (AvgIpc) is 3.07. The third-order valence-electron chi connectivity index (χ3n) is 3.39. The first kappa shape index (κ1) is 12.8. The maximum absolute atomic E-state index is 13.2. The number of hydrogen-bond acceptors (Lipinski definition) is 3. The standard InChI is InChI=1S/C14H15FN4O/c15-10-2-1-3-12(8-10)19-7-5-13(17-19)14(20)18-6-4-11(16)9-18/h1-3,5,7-8,11H,4,6,9,16H2/t11-/m1/s1. The molecule has 1 aliphatic heterocycles. The maximum Gasteiger partial charge on any atom is 0.274 e. The van der Waals surface area contributed by atoms with Gasteiger partial charge in [0.05, 0.1) is 5.69 Å². The van der Waals surface area contributed by atoms with Gasteiger partial charge in [0, 0.05) is 25.3 Å². The Morgan fingerprint density at radius 1 is 1.40 bits per heavy atom. The molecule has 20 heavy (non-hydrogen) atoms. The first-order valence-corrected chi connectivity index (χ1v) is 6.50. The van der Waals surface area contributed by atoms with Gasteiger partial charge in [-0.2, -0.15) is 5.10 Å². The van der Waals surface area contributed by atoms with E-state index in [4.69, 9.17) is 5.73 Å². The van der Waals surface area contributed by atoms with Gasteiger partial charge >= 0.3 is 0 Å². The summed E-state index contributed by atoms with van der Waals surface area (Å²) in [5, 5.41) is 4.21. The van der Waals surface area contributed by atoms with Gasteiger partial charge < -0.3 is 10.6 Å². The molecule has 104 valence electrons. The zero-order valence-corrected chi connectivity index (χ0v) is 10.9. The van der Waals surface area contributed by atoms with Gasteiger partial charge in [0.15, 0.2) is 5.69 Å². The van der Waals surface area contributed by atoms with E-state index >= 15 is 0 Å². The van der Waals surface area contributed by atoms with Crippen molar-refractivity contribution in [3.05, 3.63) is 48.0 Å². The normalized spacial score (nSPS) is 18.5. The predicted octanol–water partition coefficient (Wildman–Crippen LogP) is 1.18. The Morgan fingerprint density at radius 3 is 2.95 bits per heavy atom. The van der Waals surface area contributed by atoms with Crippen molar-refractivity contribution in [1.29, 1.82) is 0 Å². The third-order valence-corrected chi connectivity index (χ3v) is 3.39. The first-order chi connectivity index (χ1) is 9.63. The number of amides is 1. The smallest absolute Gasteiger partial charge is 0.274 e. The van der Waals surface area contributed by atoms with E-state index in [2.05, 4.69) is 5.10 Å². The lowest BCUT2D eigenvalue weighted by molar-refractivity contribution is 0.0784. The summed E-state index contributed by atoms with van der Waals surface area (Å²) in [5.74, 6) is -0.468. The Morgan fingerprint density at radius 2 is 2.25 bits per heavy atom. The number of carbonyl (C=O) groups excluding carboxylic acids is 1. The van der Waals surface area contributed by atoms with Crippen LogP contribution in [0, 0.1) is 5.82 Å². The maximum atomic E-state index is 13.2. The van der Waals surface area contributed by atoms with Crippen LogP contribution in [0.1, 0.15) is 16.9 Å². The van der Waals surface area contributed by atoms with Crippen molar-refractivity contribution >= 4 is 5.91 Å². The lowest BCUT2D eigenvalue weighted by Gasteiger charge is -2.13. The van der Waals surface area contributed by atoms with Crippen LogP contribution in [0.3, 0.4) is 0 Å². The number of likely N-dealkylation sites (tertiary alicyclic amines) is 1. The molecule has 0 spiro atoms. The molecule has 6 heteroatoms. The fourth-order valence-corrected chi connectivity index (χ4v) is 2.33. The van der Waals surface area contributed by atoms with Gasteiger partial charge in [-0.15, -0.1) is 0 Å². The minimum atomic E-state index is -0.337. The lowest BCUT2D eigenvalue weighted by Crippen LogP contribution is -2.32. The number of nitrogens with two attached hydrogens (primary N) is 1. The Labute approximate surface area is 115 Å². The quantitative estimate of drug-likeness (QED) is 0.894. The highest BCUT2D eigenvalue weighted by atomic mass is 19.1. The van der Waals surface area contributed by atoms with Gasteiger partial charge in [-0.25, -0.2) is 9.07 Å². The van der Waals surface area contributed by atoms with Crippen LogP contribution in [-0.4, -0.2) is 39.7 Å². The van der Waals surface area contributed by atoms with Gasteiger partial charge in [-0.05, 0) is 30.7 Å². The Balaban J connectivity index is 1.81. The van der Waals surface area contributed by atoms with E-state index in [9.17, 15) is 9.18 Å². The van der Waals surface area contributed by atoms with E-state index in [0.717, 1.165) is 6.42 Å². The van der Waals surface area contributed by atoms with Crippen LogP contribution in [0.2, 0.25) is 0 Å². The number of benzene rings is 1. The molecule has 0 aliphatic carbocycles. The van der Waals surface area contributed by atoms with E-state index in [1.165, 1.54) is 16.8 Å². The van der Waals surface area contributed by atoms with E-state index < -0.39 is 0 Å². The van der Waals surface area contributed by atoms with E-state index in [0.29, 0.717) is 24.5 Å². The third kappa shape index (κ3) is 2.42. The summed E-state index contributed by atoms with van der Waals surface area (Å²) in [6.07, 6.45) is 2.47. The van der Waals surface area contributed by atoms with Crippen molar-refractivity contribution in [1.82, 2.24) is 14.7 Å². The average molecular weight is 274 g/mol. The predicted molar refractivity (Wildman–Crippen MR) is 72.0 cm³/mol. The van der Waals surface area contributed by atoms with E-state index in [-0.39, 0.29) is 17.8 Å². The molecule has 0 saturated carbocycles. The summed E-state index contributed by atoms with van der Waals surface area (Å²) in [6.45, 7) is 1.22. The van der Waals surface area contributed by atoms with Gasteiger partial charge in [0.25, 0.3) is 5.91 Å². The summed E-state index contributed by atoms with van der Waals surface area (Å²) in [5.41, 5.74) is 6.73. The zero-order chi connectivity index (χ0) is 14.1. The summed E-state index contributed by atoms with van der Waals surface area (Å²) in [4.78, 5) is 13.9. The van der Waals surface area contributed by atoms with Crippen molar-refractivity contribution in [2.75, 3.05) is 13.1 Å². The van der Waals surface area contributed by atoms with Crippen molar-refractivity contribution in [3.63, 3.8) is 0 Å². The second kappa shape index (κ2) is 5.05. The van der Waals surface area contributed by atoms with E-state index in [1.54, 1.807) is 29.3 Å². The highest BCUT2D eigenvalue weighted by Gasteiger charge is 2.25. The number of carbonyl (C=O) groups is 1. The molecule has 1 aromatic heterocycles. The van der Waals surface area contributed by atoms with Gasteiger partial charge in [-0.1, -0.05) is 6.07 Å². The molecular formula is C14H15FN4O. The van der Waals surface area contributed by atoms with Crippen molar-refractivity contribution in [3.8, 4) is 5.69 Å². The van der Waals surface area contributed by atoms with Gasteiger partial charge in [0.2, 0.25) is 0 Å². The number of rotatable bonds is 2. The zero-order valence-electron chi connectivity index (χ0n) is 10.9. The van der Waals surface area contributed by atoms with Crippen LogP contribution >= 0.6 is 0 Å². The highest BCUT2D eigenvalue weighted by Crippen LogP contribution is 2.13. The highest BCUT2D eigenvalue weighted by molar-refractivity contribution is 5.92. The van der Waals surface area contributed by atoms with Crippen LogP contribution in [0.25, 0.3) is 5.69 Å². The molecule has 1 saturated heterocycles. The molecule has 2 N–H and O–H groups in total. The molecule has 0 radical (unpaired) electrons. The molecule has 1 fully saturated rings. The Hall–Kier alpha value is -2.21. The first-order valence-electron chi connectivity index (χ1n) is 6.50. The molecule has 3 rings (SSSR count). The summed E-state index contributed by atoms with van der Waals surface area (Å²) >= 11 is 0. The van der Waals surface area contributed by atoms with Crippen LogP contribution in [0.5, 0.6) is 0 Å². The second-order valence-electron chi connectivity index (χ2n) is 4.93. The van der Waals surface area contributed by atoms with Crippen molar-refractivity contribution < 1.29 is 9.18 Å². The molecule has 1 atom stereocenters. The topological polar surface area (TPSA) is 64.2 Å². The fourth-order valence-electron chi connectivity index (χ4n) is 2.33. The van der Waals surface area contributed by atoms with Crippen LogP contribution < -0.4 is 5.73 Å². The minimum Gasteiger partial charge on any atom is -0.336 e. The number of aromatic nitrogens is 2. The summed E-state index contributed by atoms with van der Waals surface area (Å²) < 4.78 is 14.7. The lowest BCUT2D eigenvalue weighted by atomic mass is 10.3. The molecular weight excluding hydrogens is 259 g/mol. The summed E-state index contributed by atoms with van der Waals surface area (Å²) in [6, 6.07) is 7.75. The Bertz CT molecular complexity index is 640. The molecule has 5 nitrogen and oxygen atoms in total.